The molecule has 0 aromatic carbocycles. The number of phosphoric ester groups is 1. The SMILES string of the molecule is CCCCCCCCCCCCCCCCOP(=O)(O)OCCN(C1CC1)C1CC1. The van der Waals surface area contributed by atoms with Crippen LogP contribution in [0.5, 0.6) is 0 Å². The highest BCUT2D eigenvalue weighted by Crippen LogP contribution is 2.44. The predicted molar refractivity (Wildman–Crippen MR) is 125 cm³/mol. The van der Waals surface area contributed by atoms with Crippen molar-refractivity contribution >= 4 is 7.82 Å². The first-order valence-corrected chi connectivity index (χ1v) is 14.5. The lowest BCUT2D eigenvalue weighted by molar-refractivity contribution is 0.125. The van der Waals surface area contributed by atoms with E-state index in [9.17, 15) is 9.46 Å². The van der Waals surface area contributed by atoms with Crippen molar-refractivity contribution in [1.29, 1.82) is 0 Å². The van der Waals surface area contributed by atoms with Gasteiger partial charge in [-0.2, -0.15) is 0 Å². The number of hydrogen-bond donors (Lipinski definition) is 1. The lowest BCUT2D eigenvalue weighted by atomic mass is 10.0. The van der Waals surface area contributed by atoms with E-state index in [-0.39, 0.29) is 0 Å². The summed E-state index contributed by atoms with van der Waals surface area (Å²) >= 11 is 0. The molecular weight excluding hydrogens is 397 g/mol. The Kier molecular flexibility index (Phi) is 13.9. The summed E-state index contributed by atoms with van der Waals surface area (Å²) in [5, 5.41) is 0. The summed E-state index contributed by atoms with van der Waals surface area (Å²) < 4.78 is 22.3. The summed E-state index contributed by atoms with van der Waals surface area (Å²) in [4.78, 5) is 12.3. The van der Waals surface area contributed by atoms with Crippen molar-refractivity contribution in [3.05, 3.63) is 0 Å². The zero-order valence-electron chi connectivity index (χ0n) is 19.6. The summed E-state index contributed by atoms with van der Waals surface area (Å²) in [5.74, 6) is 0. The van der Waals surface area contributed by atoms with Crippen molar-refractivity contribution in [1.82, 2.24) is 4.90 Å². The Bertz CT molecular complexity index is 456. The van der Waals surface area contributed by atoms with E-state index in [1.54, 1.807) is 0 Å². The average Bonchev–Trinajstić information content (AvgIpc) is 3.62. The minimum atomic E-state index is -3.88. The Hall–Kier alpha value is 0.0700. The van der Waals surface area contributed by atoms with Gasteiger partial charge in [-0.05, 0) is 32.1 Å². The molecule has 30 heavy (non-hydrogen) atoms. The molecule has 6 heteroatoms. The fourth-order valence-corrected chi connectivity index (χ4v) is 5.00. The van der Waals surface area contributed by atoms with Crippen LogP contribution in [-0.2, 0) is 13.6 Å². The van der Waals surface area contributed by atoms with E-state index in [0.717, 1.165) is 19.4 Å². The molecule has 0 heterocycles. The van der Waals surface area contributed by atoms with Gasteiger partial charge >= 0.3 is 7.82 Å². The monoisotopic (exact) mass is 445 g/mol. The molecule has 0 spiro atoms. The van der Waals surface area contributed by atoms with Gasteiger partial charge in [0.25, 0.3) is 0 Å². The normalized spacial score (nSPS) is 18.8. The maximum Gasteiger partial charge on any atom is 0.472 e. The van der Waals surface area contributed by atoms with Gasteiger partial charge in [0.1, 0.15) is 0 Å². The molecule has 0 aromatic heterocycles. The third-order valence-electron chi connectivity index (χ3n) is 6.39. The first kappa shape index (κ1) is 26.3. The topological polar surface area (TPSA) is 59.0 Å². The number of nitrogens with zero attached hydrogens (tertiary/aromatic N) is 1. The van der Waals surface area contributed by atoms with Crippen molar-refractivity contribution in [2.45, 2.75) is 135 Å². The number of unbranched alkanes of at least 4 members (excludes halogenated alkanes) is 13. The van der Waals surface area contributed by atoms with Crippen LogP contribution in [0.2, 0.25) is 0 Å². The summed E-state index contributed by atoms with van der Waals surface area (Å²) in [5.41, 5.74) is 0. The molecular formula is C24H48NO4P. The van der Waals surface area contributed by atoms with Gasteiger partial charge in [0.15, 0.2) is 0 Å². The Balaban J connectivity index is 1.31. The molecule has 1 atom stereocenters. The molecule has 0 bridgehead atoms. The fourth-order valence-electron chi connectivity index (χ4n) is 4.25. The summed E-state index contributed by atoms with van der Waals surface area (Å²) in [6.45, 7) is 3.63. The maximum atomic E-state index is 12.0. The Morgan fingerprint density at radius 2 is 1.10 bits per heavy atom. The Labute approximate surface area is 185 Å². The van der Waals surface area contributed by atoms with Gasteiger partial charge in [-0.3, -0.25) is 13.9 Å². The maximum absolute atomic E-state index is 12.0. The minimum absolute atomic E-state index is 0.291. The van der Waals surface area contributed by atoms with Crippen LogP contribution in [0.15, 0.2) is 0 Å². The quantitative estimate of drug-likeness (QED) is 0.141. The highest BCUT2D eigenvalue weighted by molar-refractivity contribution is 7.47. The molecule has 0 aromatic rings. The molecule has 0 radical (unpaired) electrons. The smallest absolute Gasteiger partial charge is 0.302 e. The van der Waals surface area contributed by atoms with Crippen molar-refractivity contribution < 1.29 is 18.5 Å². The molecule has 1 N–H and O–H groups in total. The van der Waals surface area contributed by atoms with Crippen LogP contribution in [0, 0.1) is 0 Å². The molecule has 178 valence electrons. The second-order valence-electron chi connectivity index (χ2n) is 9.43. The minimum Gasteiger partial charge on any atom is -0.302 e. The Morgan fingerprint density at radius 3 is 1.53 bits per heavy atom. The Morgan fingerprint density at radius 1 is 0.700 bits per heavy atom. The molecule has 0 amide bonds. The molecule has 0 aliphatic heterocycles. The predicted octanol–water partition coefficient (Wildman–Crippen LogP) is 7.23. The van der Waals surface area contributed by atoms with E-state index >= 15 is 0 Å². The van der Waals surface area contributed by atoms with Crippen molar-refractivity contribution in [3.8, 4) is 0 Å². The van der Waals surface area contributed by atoms with Crippen molar-refractivity contribution in [2.24, 2.45) is 0 Å². The van der Waals surface area contributed by atoms with Crippen molar-refractivity contribution in [3.63, 3.8) is 0 Å². The van der Waals surface area contributed by atoms with E-state index < -0.39 is 7.82 Å². The number of rotatable bonds is 22. The van der Waals surface area contributed by atoms with Crippen LogP contribution < -0.4 is 0 Å². The third-order valence-corrected chi connectivity index (χ3v) is 7.41. The highest BCUT2D eigenvalue weighted by Gasteiger charge is 2.39. The van der Waals surface area contributed by atoms with Crippen LogP contribution in [0.25, 0.3) is 0 Å². The standard InChI is InChI=1S/C24H48NO4P/c1-2-3-4-5-6-7-8-9-10-11-12-13-14-15-21-28-30(26,27)29-22-20-25(23-16-17-23)24-18-19-24/h23-24H,2-22H2,1H3,(H,26,27). The first-order valence-electron chi connectivity index (χ1n) is 13.0. The zero-order valence-corrected chi connectivity index (χ0v) is 20.5. The second-order valence-corrected chi connectivity index (χ2v) is 10.9. The molecule has 2 aliphatic rings. The van der Waals surface area contributed by atoms with E-state index in [1.165, 1.54) is 103 Å². The highest BCUT2D eigenvalue weighted by atomic mass is 31.2. The van der Waals surface area contributed by atoms with Gasteiger partial charge in [0.2, 0.25) is 0 Å². The van der Waals surface area contributed by atoms with Crippen LogP contribution in [0.3, 0.4) is 0 Å². The fraction of sp³-hybridized carbons (Fsp3) is 1.00. The van der Waals surface area contributed by atoms with Crippen molar-refractivity contribution in [2.75, 3.05) is 19.8 Å². The molecule has 1 unspecified atom stereocenters. The van der Waals surface area contributed by atoms with E-state index in [2.05, 4.69) is 11.8 Å². The molecule has 2 saturated carbocycles. The first-order chi connectivity index (χ1) is 14.6. The molecule has 0 saturated heterocycles. The number of phosphoric acid groups is 1. The zero-order chi connectivity index (χ0) is 21.5. The lowest BCUT2D eigenvalue weighted by Gasteiger charge is -2.21. The van der Waals surface area contributed by atoms with Crippen LogP contribution in [0.4, 0.5) is 0 Å². The van der Waals surface area contributed by atoms with E-state index in [4.69, 9.17) is 9.05 Å². The van der Waals surface area contributed by atoms with Crippen LogP contribution >= 0.6 is 7.82 Å². The molecule has 2 rings (SSSR count). The van der Waals surface area contributed by atoms with Gasteiger partial charge in [0.05, 0.1) is 13.2 Å². The van der Waals surface area contributed by atoms with Gasteiger partial charge in [0, 0.05) is 18.6 Å². The third kappa shape index (κ3) is 13.5. The molecule has 5 nitrogen and oxygen atoms in total. The van der Waals surface area contributed by atoms with Gasteiger partial charge < -0.3 is 4.89 Å². The molecule has 2 aliphatic carbocycles. The summed E-state index contributed by atoms with van der Waals surface area (Å²) in [7, 11) is -3.88. The van der Waals surface area contributed by atoms with Crippen LogP contribution in [0.1, 0.15) is 122 Å². The molecule has 2 fully saturated rings. The largest absolute Gasteiger partial charge is 0.472 e. The van der Waals surface area contributed by atoms with Crippen LogP contribution in [-0.4, -0.2) is 41.6 Å². The van der Waals surface area contributed by atoms with E-state index in [1.807, 2.05) is 0 Å². The van der Waals surface area contributed by atoms with Gasteiger partial charge in [-0.15, -0.1) is 0 Å². The lowest BCUT2D eigenvalue weighted by Crippen LogP contribution is -2.31. The summed E-state index contributed by atoms with van der Waals surface area (Å²) in [6, 6.07) is 1.38. The van der Waals surface area contributed by atoms with Gasteiger partial charge in [-0.1, -0.05) is 90.4 Å². The average molecular weight is 446 g/mol. The number of hydrogen-bond acceptors (Lipinski definition) is 4. The second kappa shape index (κ2) is 15.8. The van der Waals surface area contributed by atoms with E-state index in [0.29, 0.717) is 25.3 Å². The van der Waals surface area contributed by atoms with Gasteiger partial charge in [-0.25, -0.2) is 4.57 Å². The summed E-state index contributed by atoms with van der Waals surface area (Å²) in [6.07, 6.45) is 23.2.